The largest absolute Gasteiger partial charge is 0.495 e. The first-order valence-electron chi connectivity index (χ1n) is 9.03. The lowest BCUT2D eigenvalue weighted by molar-refractivity contribution is -0.124. The molecule has 154 valence electrons. The fourth-order valence-electron chi connectivity index (χ4n) is 3.41. The molecule has 0 unspecified atom stereocenters. The van der Waals surface area contributed by atoms with Crippen molar-refractivity contribution in [3.63, 3.8) is 0 Å². The second kappa shape index (κ2) is 8.22. The molecule has 2 aromatic rings. The van der Waals surface area contributed by atoms with E-state index in [1.165, 1.54) is 43.6 Å². The minimum Gasteiger partial charge on any atom is -0.495 e. The van der Waals surface area contributed by atoms with Gasteiger partial charge in [0.1, 0.15) is 11.8 Å². The van der Waals surface area contributed by atoms with E-state index in [1.807, 2.05) is 24.3 Å². The summed E-state index contributed by atoms with van der Waals surface area (Å²) in [6.45, 7) is 1.40. The third-order valence-corrected chi connectivity index (χ3v) is 6.69. The molecule has 0 aromatic heterocycles. The van der Waals surface area contributed by atoms with Crippen LogP contribution in [-0.2, 0) is 32.6 Å². The zero-order valence-corrected chi connectivity index (χ0v) is 17.2. The topological polar surface area (TPSA) is 105 Å². The lowest BCUT2D eigenvalue weighted by Crippen LogP contribution is -2.51. The van der Waals surface area contributed by atoms with E-state index >= 15 is 0 Å². The normalized spacial score (nSPS) is 16.6. The molecule has 0 saturated heterocycles. The molecular weight excluding hydrogens is 394 g/mol. The van der Waals surface area contributed by atoms with Gasteiger partial charge in [0.2, 0.25) is 21.8 Å². The molecule has 0 fully saturated rings. The molecular formula is C20H23N3O5S. The molecule has 1 heterocycles. The van der Waals surface area contributed by atoms with Gasteiger partial charge in [-0.15, -0.1) is 0 Å². The third-order valence-electron chi connectivity index (χ3n) is 4.84. The zero-order chi connectivity index (χ0) is 21.2. The lowest BCUT2D eigenvalue weighted by Gasteiger charge is -2.34. The number of carbonyl (C=O) groups excluding carboxylic acids is 2. The van der Waals surface area contributed by atoms with Crippen LogP contribution in [0.2, 0.25) is 0 Å². The molecule has 2 amide bonds. The van der Waals surface area contributed by atoms with E-state index in [0.29, 0.717) is 5.75 Å². The van der Waals surface area contributed by atoms with Crippen molar-refractivity contribution in [3.05, 3.63) is 53.6 Å². The highest BCUT2D eigenvalue weighted by Crippen LogP contribution is 2.33. The smallest absolute Gasteiger partial charge is 0.244 e. The van der Waals surface area contributed by atoms with Crippen molar-refractivity contribution in [1.82, 2.24) is 9.62 Å². The maximum atomic E-state index is 13.5. The summed E-state index contributed by atoms with van der Waals surface area (Å²) in [6, 6.07) is 10.8. The number of ether oxygens (including phenoxy) is 1. The highest BCUT2D eigenvalue weighted by atomic mass is 32.2. The Hall–Kier alpha value is -2.91. The van der Waals surface area contributed by atoms with Crippen LogP contribution in [0.1, 0.15) is 18.1 Å². The standard InChI is InChI=1S/C20H23N3O5S/c1-13(24)22-17-11-16(8-9-19(17)28-3)29(26,27)23-12-15-7-5-4-6-14(15)10-18(23)20(25)21-2/h4-9,11,18H,10,12H2,1-3H3,(H,21,25)(H,22,24)/t18-/m0/s1. The summed E-state index contributed by atoms with van der Waals surface area (Å²) in [5.74, 6) is -0.391. The monoisotopic (exact) mass is 417 g/mol. The van der Waals surface area contributed by atoms with Crippen molar-refractivity contribution in [2.45, 2.75) is 30.8 Å². The summed E-state index contributed by atoms with van der Waals surface area (Å²) in [5.41, 5.74) is 2.04. The zero-order valence-electron chi connectivity index (χ0n) is 16.4. The minimum absolute atomic E-state index is 0.0321. The van der Waals surface area contributed by atoms with Crippen molar-refractivity contribution in [2.24, 2.45) is 0 Å². The van der Waals surface area contributed by atoms with Crippen LogP contribution in [0.4, 0.5) is 5.69 Å². The summed E-state index contributed by atoms with van der Waals surface area (Å²) in [7, 11) is -1.12. The van der Waals surface area contributed by atoms with Crippen LogP contribution in [0.3, 0.4) is 0 Å². The van der Waals surface area contributed by atoms with Crippen LogP contribution < -0.4 is 15.4 Å². The molecule has 3 rings (SSSR count). The van der Waals surface area contributed by atoms with Gasteiger partial charge in [0.05, 0.1) is 17.7 Å². The molecule has 0 aliphatic carbocycles. The molecule has 1 atom stereocenters. The Morgan fingerprint density at radius 2 is 1.83 bits per heavy atom. The van der Waals surface area contributed by atoms with E-state index in [4.69, 9.17) is 4.74 Å². The van der Waals surface area contributed by atoms with E-state index < -0.39 is 16.1 Å². The molecule has 0 radical (unpaired) electrons. The summed E-state index contributed by atoms with van der Waals surface area (Å²) < 4.78 is 33.3. The molecule has 9 heteroatoms. The van der Waals surface area contributed by atoms with Crippen LogP contribution in [-0.4, -0.2) is 44.7 Å². The average Bonchev–Trinajstić information content (AvgIpc) is 2.71. The SMILES string of the molecule is CNC(=O)[C@@H]1Cc2ccccc2CN1S(=O)(=O)c1ccc(OC)c(NC(C)=O)c1. The molecule has 0 spiro atoms. The van der Waals surface area contributed by atoms with Crippen LogP contribution >= 0.6 is 0 Å². The van der Waals surface area contributed by atoms with Crippen LogP contribution in [0.5, 0.6) is 5.75 Å². The molecule has 8 nitrogen and oxygen atoms in total. The Labute approximate surface area is 169 Å². The number of sulfonamides is 1. The quantitative estimate of drug-likeness (QED) is 0.767. The summed E-state index contributed by atoms with van der Waals surface area (Å²) in [4.78, 5) is 23.9. The van der Waals surface area contributed by atoms with Crippen molar-refractivity contribution < 1.29 is 22.7 Å². The van der Waals surface area contributed by atoms with Gasteiger partial charge in [-0.05, 0) is 35.7 Å². The van der Waals surface area contributed by atoms with Gasteiger partial charge in [0, 0.05) is 20.5 Å². The van der Waals surface area contributed by atoms with Gasteiger partial charge < -0.3 is 15.4 Å². The maximum absolute atomic E-state index is 13.5. The van der Waals surface area contributed by atoms with Gasteiger partial charge in [-0.25, -0.2) is 8.42 Å². The first-order valence-corrected chi connectivity index (χ1v) is 10.5. The Balaban J connectivity index is 2.07. The molecule has 2 aromatic carbocycles. The second-order valence-electron chi connectivity index (χ2n) is 6.70. The molecule has 0 bridgehead atoms. The maximum Gasteiger partial charge on any atom is 0.244 e. The van der Waals surface area contributed by atoms with E-state index in [9.17, 15) is 18.0 Å². The van der Waals surface area contributed by atoms with Gasteiger partial charge in [-0.3, -0.25) is 9.59 Å². The number of amides is 2. The average molecular weight is 417 g/mol. The molecule has 0 saturated carbocycles. The fourth-order valence-corrected chi connectivity index (χ4v) is 5.00. The van der Waals surface area contributed by atoms with Gasteiger partial charge in [-0.1, -0.05) is 24.3 Å². The van der Waals surface area contributed by atoms with Crippen molar-refractivity contribution in [3.8, 4) is 5.75 Å². The third kappa shape index (κ3) is 4.10. The Bertz CT molecular complexity index is 1050. The number of methoxy groups -OCH3 is 1. The van der Waals surface area contributed by atoms with Gasteiger partial charge in [0.25, 0.3) is 0 Å². The number of carbonyl (C=O) groups is 2. The van der Waals surface area contributed by atoms with Crippen LogP contribution in [0.15, 0.2) is 47.4 Å². The van der Waals surface area contributed by atoms with Crippen LogP contribution in [0, 0.1) is 0 Å². The number of nitrogens with one attached hydrogen (secondary N) is 2. The Morgan fingerprint density at radius 3 is 2.45 bits per heavy atom. The summed E-state index contributed by atoms with van der Waals surface area (Å²) in [5, 5.41) is 5.13. The van der Waals surface area contributed by atoms with E-state index in [2.05, 4.69) is 10.6 Å². The molecule has 1 aliphatic heterocycles. The lowest BCUT2D eigenvalue weighted by atomic mass is 9.95. The number of anilines is 1. The molecule has 29 heavy (non-hydrogen) atoms. The summed E-state index contributed by atoms with van der Waals surface area (Å²) in [6.07, 6.45) is 0.282. The molecule has 1 aliphatic rings. The highest BCUT2D eigenvalue weighted by Gasteiger charge is 2.39. The number of likely N-dealkylation sites (N-methyl/N-ethyl adjacent to an activating group) is 1. The fraction of sp³-hybridized carbons (Fsp3) is 0.300. The summed E-state index contributed by atoms with van der Waals surface area (Å²) >= 11 is 0. The number of nitrogens with zero attached hydrogens (tertiary/aromatic N) is 1. The van der Waals surface area contributed by atoms with Crippen LogP contribution in [0.25, 0.3) is 0 Å². The number of hydrogen-bond acceptors (Lipinski definition) is 5. The van der Waals surface area contributed by atoms with Gasteiger partial charge >= 0.3 is 0 Å². The minimum atomic E-state index is -4.03. The molecule has 2 N–H and O–H groups in total. The predicted molar refractivity (Wildman–Crippen MR) is 108 cm³/mol. The Kier molecular flexibility index (Phi) is 5.90. The van der Waals surface area contributed by atoms with Gasteiger partial charge in [0.15, 0.2) is 0 Å². The second-order valence-corrected chi connectivity index (χ2v) is 8.59. The van der Waals surface area contributed by atoms with E-state index in [-0.39, 0.29) is 35.4 Å². The van der Waals surface area contributed by atoms with E-state index in [1.54, 1.807) is 0 Å². The number of rotatable bonds is 5. The predicted octanol–water partition coefficient (Wildman–Crippen LogP) is 1.52. The van der Waals surface area contributed by atoms with E-state index in [0.717, 1.165) is 11.1 Å². The van der Waals surface area contributed by atoms with Gasteiger partial charge in [-0.2, -0.15) is 4.31 Å². The highest BCUT2D eigenvalue weighted by molar-refractivity contribution is 7.89. The Morgan fingerprint density at radius 1 is 1.14 bits per heavy atom. The number of fused-ring (bicyclic) bond motifs is 1. The van der Waals surface area contributed by atoms with Crippen molar-refractivity contribution in [2.75, 3.05) is 19.5 Å². The number of hydrogen-bond donors (Lipinski definition) is 2. The first kappa shape index (κ1) is 20.8. The number of benzene rings is 2. The first-order chi connectivity index (χ1) is 13.8. The van der Waals surface area contributed by atoms with Crippen molar-refractivity contribution >= 4 is 27.5 Å². The van der Waals surface area contributed by atoms with Crippen molar-refractivity contribution in [1.29, 1.82) is 0 Å².